The molecular formula is C10H17N3S. The van der Waals surface area contributed by atoms with Crippen LogP contribution in [0.1, 0.15) is 32.0 Å². The molecular weight excluding hydrogens is 194 g/mol. The van der Waals surface area contributed by atoms with Crippen LogP contribution >= 0.6 is 11.3 Å². The summed E-state index contributed by atoms with van der Waals surface area (Å²) in [7, 11) is 0. The lowest BCUT2D eigenvalue weighted by Gasteiger charge is -2.28. The summed E-state index contributed by atoms with van der Waals surface area (Å²) in [6.07, 6.45) is 1.08. The highest BCUT2D eigenvalue weighted by Crippen LogP contribution is 2.32. The molecule has 2 rings (SSSR count). The second-order valence-corrected chi connectivity index (χ2v) is 4.86. The van der Waals surface area contributed by atoms with Crippen LogP contribution in [0, 0.1) is 0 Å². The van der Waals surface area contributed by atoms with Gasteiger partial charge in [-0.2, -0.15) is 0 Å². The van der Waals surface area contributed by atoms with E-state index in [4.69, 9.17) is 5.73 Å². The molecule has 0 aliphatic carbocycles. The summed E-state index contributed by atoms with van der Waals surface area (Å²) in [5.41, 5.74) is 9.16. The molecule has 1 fully saturated rings. The second kappa shape index (κ2) is 3.96. The molecule has 78 valence electrons. The van der Waals surface area contributed by atoms with E-state index in [1.807, 2.05) is 5.51 Å². The van der Waals surface area contributed by atoms with E-state index in [0.29, 0.717) is 12.1 Å². The molecule has 0 saturated carbocycles. The van der Waals surface area contributed by atoms with Crippen molar-refractivity contribution in [2.45, 2.75) is 38.4 Å². The van der Waals surface area contributed by atoms with Gasteiger partial charge in [-0.15, -0.1) is 11.3 Å². The summed E-state index contributed by atoms with van der Waals surface area (Å²) in [6.45, 7) is 5.54. The van der Waals surface area contributed by atoms with E-state index in [1.165, 1.54) is 0 Å². The summed E-state index contributed by atoms with van der Waals surface area (Å²) in [5, 5.41) is 2.12. The van der Waals surface area contributed by atoms with Gasteiger partial charge in [0.15, 0.2) is 0 Å². The first-order chi connectivity index (χ1) is 6.70. The van der Waals surface area contributed by atoms with E-state index >= 15 is 0 Å². The van der Waals surface area contributed by atoms with Gasteiger partial charge in [0.1, 0.15) is 0 Å². The fourth-order valence-electron chi connectivity index (χ4n) is 2.18. The van der Waals surface area contributed by atoms with Crippen LogP contribution in [-0.4, -0.2) is 28.5 Å². The molecule has 4 heteroatoms. The Kier molecular flexibility index (Phi) is 2.85. The maximum absolute atomic E-state index is 6.12. The van der Waals surface area contributed by atoms with Crippen molar-refractivity contribution in [2.75, 3.05) is 6.54 Å². The van der Waals surface area contributed by atoms with Gasteiger partial charge in [0, 0.05) is 24.0 Å². The molecule has 1 aliphatic heterocycles. The highest BCUT2D eigenvalue weighted by molar-refractivity contribution is 7.07. The van der Waals surface area contributed by atoms with E-state index in [2.05, 4.69) is 29.1 Å². The molecule has 1 aliphatic rings. The Bertz CT molecular complexity index is 284. The highest BCUT2D eigenvalue weighted by Gasteiger charge is 2.35. The first-order valence-corrected chi connectivity index (χ1v) is 6.04. The number of nitrogens with zero attached hydrogens (tertiary/aromatic N) is 2. The van der Waals surface area contributed by atoms with Gasteiger partial charge in [-0.1, -0.05) is 0 Å². The second-order valence-electron chi connectivity index (χ2n) is 4.14. The van der Waals surface area contributed by atoms with E-state index < -0.39 is 0 Å². The first kappa shape index (κ1) is 10.1. The Hall–Kier alpha value is -0.450. The van der Waals surface area contributed by atoms with E-state index in [-0.39, 0.29) is 6.04 Å². The predicted molar refractivity (Wildman–Crippen MR) is 59.3 cm³/mol. The van der Waals surface area contributed by atoms with E-state index in [1.54, 1.807) is 11.3 Å². The molecule has 0 aromatic carbocycles. The number of rotatable bonds is 2. The number of aromatic nitrogens is 1. The summed E-state index contributed by atoms with van der Waals surface area (Å²) in [4.78, 5) is 6.82. The van der Waals surface area contributed by atoms with Crippen LogP contribution < -0.4 is 5.73 Å². The van der Waals surface area contributed by atoms with Gasteiger partial charge in [0.2, 0.25) is 0 Å². The largest absolute Gasteiger partial charge is 0.326 e. The first-order valence-electron chi connectivity index (χ1n) is 5.09. The van der Waals surface area contributed by atoms with Crippen molar-refractivity contribution in [3.05, 3.63) is 16.6 Å². The van der Waals surface area contributed by atoms with Crippen molar-refractivity contribution < 1.29 is 0 Å². The summed E-state index contributed by atoms with van der Waals surface area (Å²) in [5.74, 6) is 0. The van der Waals surface area contributed by atoms with Crippen molar-refractivity contribution in [3.8, 4) is 0 Å². The minimum absolute atomic E-state index is 0.250. The number of thiazole rings is 1. The lowest BCUT2D eigenvalue weighted by atomic mass is 10.1. The van der Waals surface area contributed by atoms with Crippen LogP contribution in [0.25, 0.3) is 0 Å². The van der Waals surface area contributed by atoms with Crippen LogP contribution in [0.3, 0.4) is 0 Å². The molecule has 1 aromatic heterocycles. The standard InChI is InChI=1S/C10H17N3S/c1-7(2)13-4-3-8(11)10(13)9-5-14-6-12-9/h5-8,10H,3-4,11H2,1-2H3/t8-,10-/m0/s1. The maximum atomic E-state index is 6.12. The molecule has 2 atom stereocenters. The molecule has 1 saturated heterocycles. The van der Waals surface area contributed by atoms with E-state index in [9.17, 15) is 0 Å². The molecule has 3 nitrogen and oxygen atoms in total. The number of nitrogens with two attached hydrogens (primary N) is 1. The Labute approximate surface area is 88.9 Å². The zero-order chi connectivity index (χ0) is 10.1. The normalized spacial score (nSPS) is 28.9. The van der Waals surface area contributed by atoms with Gasteiger partial charge in [0.05, 0.1) is 17.2 Å². The lowest BCUT2D eigenvalue weighted by Crippen LogP contribution is -2.36. The van der Waals surface area contributed by atoms with Crippen LogP contribution in [0.5, 0.6) is 0 Å². The number of hydrogen-bond acceptors (Lipinski definition) is 4. The van der Waals surface area contributed by atoms with Crippen molar-refractivity contribution >= 4 is 11.3 Å². The SMILES string of the molecule is CC(C)N1CC[C@H](N)[C@H]1c1cscn1. The molecule has 14 heavy (non-hydrogen) atoms. The average Bonchev–Trinajstić information content (AvgIpc) is 2.71. The lowest BCUT2D eigenvalue weighted by molar-refractivity contribution is 0.195. The Morgan fingerprint density at radius 3 is 3.00 bits per heavy atom. The summed E-state index contributed by atoms with van der Waals surface area (Å²) >= 11 is 1.65. The van der Waals surface area contributed by atoms with E-state index in [0.717, 1.165) is 18.7 Å². The molecule has 0 amide bonds. The molecule has 2 heterocycles. The molecule has 2 N–H and O–H groups in total. The van der Waals surface area contributed by atoms with Crippen LogP contribution in [0.15, 0.2) is 10.9 Å². The zero-order valence-corrected chi connectivity index (χ0v) is 9.50. The Morgan fingerprint density at radius 2 is 2.43 bits per heavy atom. The minimum atomic E-state index is 0.250. The third-order valence-corrected chi connectivity index (χ3v) is 3.51. The van der Waals surface area contributed by atoms with Gasteiger partial charge >= 0.3 is 0 Å². The minimum Gasteiger partial charge on any atom is -0.326 e. The molecule has 0 bridgehead atoms. The average molecular weight is 211 g/mol. The Balaban J connectivity index is 2.22. The van der Waals surface area contributed by atoms with Crippen LogP contribution in [0.2, 0.25) is 0 Å². The third kappa shape index (κ3) is 1.69. The predicted octanol–water partition coefficient (Wildman–Crippen LogP) is 1.63. The van der Waals surface area contributed by atoms with Crippen molar-refractivity contribution in [2.24, 2.45) is 5.73 Å². The topological polar surface area (TPSA) is 42.1 Å². The molecule has 0 unspecified atom stereocenters. The van der Waals surface area contributed by atoms with Gasteiger partial charge in [0.25, 0.3) is 0 Å². The Morgan fingerprint density at radius 1 is 1.64 bits per heavy atom. The van der Waals surface area contributed by atoms with Crippen molar-refractivity contribution in [3.63, 3.8) is 0 Å². The van der Waals surface area contributed by atoms with Gasteiger partial charge in [-0.05, 0) is 20.3 Å². The van der Waals surface area contributed by atoms with Crippen LogP contribution in [-0.2, 0) is 0 Å². The third-order valence-electron chi connectivity index (χ3n) is 2.90. The van der Waals surface area contributed by atoms with Gasteiger partial charge in [-0.25, -0.2) is 4.98 Å². The quantitative estimate of drug-likeness (QED) is 0.808. The molecule has 1 aromatic rings. The highest BCUT2D eigenvalue weighted by atomic mass is 32.1. The monoisotopic (exact) mass is 211 g/mol. The van der Waals surface area contributed by atoms with Crippen LogP contribution in [0.4, 0.5) is 0 Å². The van der Waals surface area contributed by atoms with Crippen molar-refractivity contribution in [1.29, 1.82) is 0 Å². The summed E-state index contributed by atoms with van der Waals surface area (Å²) in [6, 6.07) is 1.14. The summed E-state index contributed by atoms with van der Waals surface area (Å²) < 4.78 is 0. The van der Waals surface area contributed by atoms with Crippen molar-refractivity contribution in [1.82, 2.24) is 9.88 Å². The van der Waals surface area contributed by atoms with Gasteiger partial charge < -0.3 is 5.73 Å². The zero-order valence-electron chi connectivity index (χ0n) is 8.68. The maximum Gasteiger partial charge on any atom is 0.0795 e. The molecule has 0 radical (unpaired) electrons. The number of hydrogen-bond donors (Lipinski definition) is 1. The number of likely N-dealkylation sites (tertiary alicyclic amines) is 1. The smallest absolute Gasteiger partial charge is 0.0795 e. The van der Waals surface area contributed by atoms with Gasteiger partial charge in [-0.3, -0.25) is 4.90 Å². The fourth-order valence-corrected chi connectivity index (χ4v) is 2.76. The molecule has 0 spiro atoms. The fraction of sp³-hybridized carbons (Fsp3) is 0.700.